The van der Waals surface area contributed by atoms with Gasteiger partial charge in [-0.05, 0) is 63.7 Å². The van der Waals surface area contributed by atoms with Crippen LogP contribution in [0.4, 0.5) is 5.69 Å². The number of aliphatic hydroxyl groups is 1. The molecule has 2 heterocycles. The molecule has 12 heteroatoms. The van der Waals surface area contributed by atoms with Crippen LogP contribution in [-0.4, -0.2) is 80.4 Å². The van der Waals surface area contributed by atoms with Gasteiger partial charge in [-0.2, -0.15) is 0 Å². The molecule has 1 aromatic heterocycles. The second-order valence-electron chi connectivity index (χ2n) is 11.0. The van der Waals surface area contributed by atoms with Gasteiger partial charge < -0.3 is 24.0 Å². The first-order valence-corrected chi connectivity index (χ1v) is 15.4. The fourth-order valence-electron chi connectivity index (χ4n) is 5.19. The first-order chi connectivity index (χ1) is 19.9. The molecule has 1 aliphatic rings. The number of ether oxygens (including phenoxy) is 2. The maximum Gasteiger partial charge on any atom is 0.267 e. The second kappa shape index (κ2) is 13.1. The maximum atomic E-state index is 13.5. The number of benzene rings is 2. The van der Waals surface area contributed by atoms with Crippen molar-refractivity contribution in [3.63, 3.8) is 0 Å². The van der Waals surface area contributed by atoms with E-state index in [1.54, 1.807) is 37.1 Å². The summed E-state index contributed by atoms with van der Waals surface area (Å²) in [5.41, 5.74) is 2.21. The van der Waals surface area contributed by atoms with E-state index in [4.69, 9.17) is 14.0 Å². The number of aliphatic hydroxyl groups excluding tert-OH is 1. The summed E-state index contributed by atoms with van der Waals surface area (Å²) in [4.78, 5) is 17.3. The molecule has 11 nitrogen and oxygen atoms in total. The van der Waals surface area contributed by atoms with E-state index < -0.39 is 10.0 Å². The van der Waals surface area contributed by atoms with Crippen molar-refractivity contribution in [3.05, 3.63) is 65.0 Å². The number of aryl methyl sites for hydroxylation is 2. The van der Waals surface area contributed by atoms with Crippen LogP contribution in [0.3, 0.4) is 0 Å². The number of anilines is 1. The van der Waals surface area contributed by atoms with Gasteiger partial charge in [0, 0.05) is 36.8 Å². The average molecular weight is 601 g/mol. The third kappa shape index (κ3) is 7.23. The van der Waals surface area contributed by atoms with E-state index in [0.29, 0.717) is 30.9 Å². The van der Waals surface area contributed by atoms with Crippen LogP contribution in [0.25, 0.3) is 0 Å². The van der Waals surface area contributed by atoms with Crippen LogP contribution in [0.1, 0.15) is 36.4 Å². The topological polar surface area (TPSA) is 134 Å². The molecule has 3 atom stereocenters. The van der Waals surface area contributed by atoms with E-state index in [9.17, 15) is 18.3 Å². The lowest BCUT2D eigenvalue weighted by atomic mass is 10.0. The molecule has 1 amide bonds. The van der Waals surface area contributed by atoms with Crippen molar-refractivity contribution >= 4 is 21.6 Å². The minimum atomic E-state index is -3.98. The minimum Gasteiger partial charge on any atom is -0.497 e. The quantitative estimate of drug-likeness (QED) is 0.359. The molecule has 0 unspecified atom stereocenters. The Morgan fingerprint density at radius 1 is 1.21 bits per heavy atom. The van der Waals surface area contributed by atoms with Gasteiger partial charge in [-0.1, -0.05) is 24.2 Å². The van der Waals surface area contributed by atoms with Crippen molar-refractivity contribution in [1.82, 2.24) is 15.0 Å². The Kier molecular flexibility index (Phi) is 9.80. The Balaban J connectivity index is 1.62. The number of sulfonamides is 1. The van der Waals surface area contributed by atoms with Crippen LogP contribution in [0, 0.1) is 19.8 Å². The van der Waals surface area contributed by atoms with Gasteiger partial charge in [-0.25, -0.2) is 8.42 Å². The Hall–Kier alpha value is -3.61. The molecule has 2 aromatic carbocycles. The molecule has 0 fully saturated rings. The highest BCUT2D eigenvalue weighted by molar-refractivity contribution is 7.92. The number of amides is 1. The van der Waals surface area contributed by atoms with E-state index >= 15 is 0 Å². The predicted octanol–water partition coefficient (Wildman–Crippen LogP) is 3.38. The third-order valence-electron chi connectivity index (χ3n) is 7.51. The fraction of sp³-hybridized carbons (Fsp3) is 0.467. The lowest BCUT2D eigenvalue weighted by molar-refractivity contribution is -0.134. The molecular formula is C30H40N4O7S. The third-order valence-corrected chi connectivity index (χ3v) is 9.13. The second-order valence-corrected chi connectivity index (χ2v) is 12.6. The predicted molar refractivity (Wildman–Crippen MR) is 158 cm³/mol. The summed E-state index contributed by atoms with van der Waals surface area (Å²) >= 11 is 0. The average Bonchev–Trinajstić information content (AvgIpc) is 3.31. The Bertz CT molecular complexity index is 1470. The lowest BCUT2D eigenvalue weighted by Gasteiger charge is -2.34. The van der Waals surface area contributed by atoms with Crippen molar-refractivity contribution in [2.75, 3.05) is 38.6 Å². The molecule has 0 saturated heterocycles. The number of nitrogens with zero attached hydrogens (tertiary/aromatic N) is 3. The fourth-order valence-corrected chi connectivity index (χ4v) is 6.57. The Labute approximate surface area is 247 Å². The number of aromatic nitrogens is 1. The number of likely N-dealkylation sites (N-methyl/N-ethyl adjacent to an activating group) is 1. The number of carbonyl (C=O) groups is 1. The molecule has 1 aliphatic heterocycles. The number of methoxy groups -OCH3 is 1. The largest absolute Gasteiger partial charge is 0.497 e. The van der Waals surface area contributed by atoms with Crippen LogP contribution in [0.2, 0.25) is 0 Å². The summed E-state index contributed by atoms with van der Waals surface area (Å²) in [7, 11) is -0.333. The van der Waals surface area contributed by atoms with Crippen molar-refractivity contribution in [1.29, 1.82) is 0 Å². The summed E-state index contributed by atoms with van der Waals surface area (Å²) in [5, 5.41) is 13.7. The van der Waals surface area contributed by atoms with Gasteiger partial charge in [0.1, 0.15) is 23.3 Å². The van der Waals surface area contributed by atoms with Gasteiger partial charge in [0.25, 0.3) is 10.0 Å². The Morgan fingerprint density at radius 2 is 1.93 bits per heavy atom. The van der Waals surface area contributed by atoms with Crippen LogP contribution in [0.15, 0.2) is 51.9 Å². The molecule has 0 aliphatic carbocycles. The van der Waals surface area contributed by atoms with Gasteiger partial charge in [0.15, 0.2) is 10.7 Å². The van der Waals surface area contributed by atoms with Crippen molar-refractivity contribution in [3.8, 4) is 11.5 Å². The monoisotopic (exact) mass is 600 g/mol. The van der Waals surface area contributed by atoms with Crippen molar-refractivity contribution in [2.24, 2.45) is 5.92 Å². The number of rotatable bonds is 10. The molecule has 0 bridgehead atoms. The van der Waals surface area contributed by atoms with Crippen LogP contribution >= 0.6 is 0 Å². The number of hydrogen-bond acceptors (Lipinski definition) is 9. The van der Waals surface area contributed by atoms with Gasteiger partial charge in [0.2, 0.25) is 5.91 Å². The van der Waals surface area contributed by atoms with Gasteiger partial charge in [0.05, 0.1) is 26.2 Å². The zero-order valence-electron chi connectivity index (χ0n) is 25.0. The van der Waals surface area contributed by atoms with Gasteiger partial charge in [-0.15, -0.1) is 0 Å². The number of carbonyl (C=O) groups excluding carboxylic acids is 1. The normalized spacial score (nSPS) is 18.5. The smallest absolute Gasteiger partial charge is 0.267 e. The number of fused-ring (bicyclic) bond motifs is 1. The van der Waals surface area contributed by atoms with Crippen LogP contribution in [-0.2, 0) is 27.8 Å². The summed E-state index contributed by atoms with van der Waals surface area (Å²) < 4.78 is 45.7. The van der Waals surface area contributed by atoms with Crippen molar-refractivity contribution in [2.45, 2.75) is 57.7 Å². The highest BCUT2D eigenvalue weighted by atomic mass is 32.2. The summed E-state index contributed by atoms with van der Waals surface area (Å²) in [5.74, 6) is 1.25. The standard InChI is InChI=1S/C30H40N4O7S/c1-19-15-34(20(2)18-35)29(36)14-24-13-25(32-42(37,38)30-21(3)31-41-22(30)4)9-12-27(24)40-28(19)17-33(5)16-23-7-10-26(39-6)11-8-23/h7-13,19-20,28,32,35H,14-18H2,1-6H3/t19-,20+,28-/m1/s1. The van der Waals surface area contributed by atoms with E-state index in [1.807, 2.05) is 45.2 Å². The van der Waals surface area contributed by atoms with E-state index in [1.165, 1.54) is 6.92 Å². The SMILES string of the molecule is COc1ccc(CN(C)C[C@H]2Oc3ccc(NS(=O)(=O)c4c(C)noc4C)cc3CC(=O)N([C@@H](C)CO)C[C@H]2C)cc1. The van der Waals surface area contributed by atoms with E-state index in [0.717, 1.165) is 11.3 Å². The first kappa shape index (κ1) is 31.3. The van der Waals surface area contributed by atoms with Crippen molar-refractivity contribution < 1.29 is 32.3 Å². The molecule has 228 valence electrons. The summed E-state index contributed by atoms with van der Waals surface area (Å²) in [6, 6.07) is 12.4. The van der Waals surface area contributed by atoms with E-state index in [2.05, 4.69) is 14.8 Å². The number of nitrogens with one attached hydrogen (secondary N) is 1. The maximum absolute atomic E-state index is 13.5. The molecule has 4 rings (SSSR count). The molecule has 42 heavy (non-hydrogen) atoms. The molecular weight excluding hydrogens is 560 g/mol. The number of hydrogen-bond donors (Lipinski definition) is 2. The lowest BCUT2D eigenvalue weighted by Crippen LogP contribution is -2.47. The summed E-state index contributed by atoms with van der Waals surface area (Å²) in [6.45, 7) is 8.42. The first-order valence-electron chi connectivity index (χ1n) is 13.9. The van der Waals surface area contributed by atoms with Gasteiger partial charge in [-0.3, -0.25) is 14.4 Å². The molecule has 0 spiro atoms. The zero-order chi connectivity index (χ0) is 30.6. The zero-order valence-corrected chi connectivity index (χ0v) is 25.8. The van der Waals surface area contributed by atoms with Crippen LogP contribution < -0.4 is 14.2 Å². The van der Waals surface area contributed by atoms with Gasteiger partial charge >= 0.3 is 0 Å². The minimum absolute atomic E-state index is 0.0122. The van der Waals surface area contributed by atoms with Crippen LogP contribution in [0.5, 0.6) is 11.5 Å². The summed E-state index contributed by atoms with van der Waals surface area (Å²) in [6.07, 6.45) is -0.307. The highest BCUT2D eigenvalue weighted by Gasteiger charge is 2.32. The molecule has 0 radical (unpaired) electrons. The molecule has 2 N–H and O–H groups in total. The molecule has 3 aromatic rings. The highest BCUT2D eigenvalue weighted by Crippen LogP contribution is 2.31. The molecule has 0 saturated carbocycles. The van der Waals surface area contributed by atoms with E-state index in [-0.39, 0.29) is 59.0 Å². The Morgan fingerprint density at radius 3 is 2.55 bits per heavy atom.